The zero-order chi connectivity index (χ0) is 13.1. The number of hydrogen-bond donors (Lipinski definition) is 1. The highest BCUT2D eigenvalue weighted by Crippen LogP contribution is 2.19. The van der Waals surface area contributed by atoms with E-state index in [9.17, 15) is 4.79 Å². The molecule has 3 rings (SSSR count). The molecule has 2 aliphatic rings. The van der Waals surface area contributed by atoms with Crippen molar-refractivity contribution in [3.05, 3.63) is 12.4 Å². The molecule has 7 nitrogen and oxygen atoms in total. The first-order valence-electron chi connectivity index (χ1n) is 6.58. The zero-order valence-corrected chi connectivity index (χ0v) is 10.7. The van der Waals surface area contributed by atoms with Gasteiger partial charge >= 0.3 is 6.03 Å². The summed E-state index contributed by atoms with van der Waals surface area (Å²) < 4.78 is 12.4. The van der Waals surface area contributed by atoms with Crippen LogP contribution in [0.15, 0.2) is 12.4 Å². The number of nitrogens with zero attached hydrogens (tertiary/aromatic N) is 3. The molecule has 1 aromatic rings. The van der Waals surface area contributed by atoms with Crippen molar-refractivity contribution in [2.45, 2.75) is 12.5 Å². The molecule has 0 aliphatic carbocycles. The lowest BCUT2D eigenvalue weighted by atomic mass is 10.3. The summed E-state index contributed by atoms with van der Waals surface area (Å²) in [5, 5.41) is 7.14. The molecule has 0 saturated carbocycles. The Morgan fingerprint density at radius 3 is 2.89 bits per heavy atom. The van der Waals surface area contributed by atoms with Crippen LogP contribution in [0.4, 0.5) is 10.5 Å². The lowest BCUT2D eigenvalue weighted by molar-refractivity contribution is 0.0564. The maximum atomic E-state index is 12.0. The summed E-state index contributed by atoms with van der Waals surface area (Å²) in [6.45, 7) is 3.95. The monoisotopic (exact) mass is 266 g/mol. The highest BCUT2D eigenvalue weighted by Gasteiger charge is 2.20. The number of aromatic nitrogens is 2. The van der Waals surface area contributed by atoms with Gasteiger partial charge in [-0.2, -0.15) is 5.10 Å². The van der Waals surface area contributed by atoms with E-state index in [4.69, 9.17) is 9.47 Å². The molecule has 2 amide bonds. The van der Waals surface area contributed by atoms with E-state index >= 15 is 0 Å². The van der Waals surface area contributed by atoms with Gasteiger partial charge in [0.05, 0.1) is 37.7 Å². The molecule has 104 valence electrons. The first kappa shape index (κ1) is 12.4. The molecule has 0 bridgehead atoms. The van der Waals surface area contributed by atoms with Gasteiger partial charge < -0.3 is 19.7 Å². The molecule has 2 fully saturated rings. The SMILES string of the molecule is O=C(Nc1cnn([C@@H]2CCOC2)c1)N1CCOCC1. The van der Waals surface area contributed by atoms with Crippen molar-refractivity contribution in [1.82, 2.24) is 14.7 Å². The predicted octanol–water partition coefficient (Wildman–Crippen LogP) is 0.709. The third kappa shape index (κ3) is 2.87. The number of urea groups is 1. The second-order valence-electron chi connectivity index (χ2n) is 4.76. The minimum atomic E-state index is -0.0921. The standard InChI is InChI=1S/C12H18N4O3/c17-12(15-2-5-18-6-3-15)14-10-7-13-16(8-10)11-1-4-19-9-11/h7-8,11H,1-6,9H2,(H,14,17)/t11-/m1/s1. The molecule has 1 aromatic heterocycles. The number of anilines is 1. The Hall–Kier alpha value is -1.60. The lowest BCUT2D eigenvalue weighted by Crippen LogP contribution is -2.43. The summed E-state index contributed by atoms with van der Waals surface area (Å²) in [6.07, 6.45) is 4.51. The van der Waals surface area contributed by atoms with Crippen LogP contribution in [0.5, 0.6) is 0 Å². The quantitative estimate of drug-likeness (QED) is 0.856. The molecule has 0 unspecified atom stereocenters. The Balaban J connectivity index is 1.58. The second kappa shape index (κ2) is 5.58. The molecule has 3 heterocycles. The van der Waals surface area contributed by atoms with Gasteiger partial charge in [0.2, 0.25) is 0 Å². The van der Waals surface area contributed by atoms with Crippen LogP contribution < -0.4 is 5.32 Å². The smallest absolute Gasteiger partial charge is 0.322 e. The van der Waals surface area contributed by atoms with E-state index in [1.54, 1.807) is 11.1 Å². The van der Waals surface area contributed by atoms with Gasteiger partial charge in [-0.1, -0.05) is 0 Å². The molecule has 0 aromatic carbocycles. The van der Waals surface area contributed by atoms with Crippen LogP contribution in [0, 0.1) is 0 Å². The Labute approximate surface area is 111 Å². The largest absolute Gasteiger partial charge is 0.379 e. The maximum Gasteiger partial charge on any atom is 0.322 e. The first-order chi connectivity index (χ1) is 9.33. The maximum absolute atomic E-state index is 12.0. The van der Waals surface area contributed by atoms with E-state index in [-0.39, 0.29) is 12.1 Å². The van der Waals surface area contributed by atoms with Gasteiger partial charge in [-0.25, -0.2) is 4.79 Å². The highest BCUT2D eigenvalue weighted by atomic mass is 16.5. The average Bonchev–Trinajstić information content (AvgIpc) is 3.10. The van der Waals surface area contributed by atoms with Gasteiger partial charge in [0, 0.05) is 25.9 Å². The fourth-order valence-electron chi connectivity index (χ4n) is 2.30. The highest BCUT2D eigenvalue weighted by molar-refractivity contribution is 5.89. The summed E-state index contributed by atoms with van der Waals surface area (Å²) in [7, 11) is 0. The molecule has 2 saturated heterocycles. The van der Waals surface area contributed by atoms with Gasteiger partial charge in [-0.3, -0.25) is 4.68 Å². The third-order valence-electron chi connectivity index (χ3n) is 3.43. The van der Waals surface area contributed by atoms with Gasteiger partial charge in [-0.05, 0) is 6.42 Å². The Morgan fingerprint density at radius 1 is 1.32 bits per heavy atom. The van der Waals surface area contributed by atoms with Crippen molar-refractivity contribution in [3.63, 3.8) is 0 Å². The molecule has 0 radical (unpaired) electrons. The number of nitrogens with one attached hydrogen (secondary N) is 1. The van der Waals surface area contributed by atoms with Crippen molar-refractivity contribution in [2.24, 2.45) is 0 Å². The van der Waals surface area contributed by atoms with Crippen LogP contribution in [0.25, 0.3) is 0 Å². The van der Waals surface area contributed by atoms with Crippen molar-refractivity contribution in [3.8, 4) is 0 Å². The molecular weight excluding hydrogens is 248 g/mol. The van der Waals surface area contributed by atoms with Crippen LogP contribution in [-0.2, 0) is 9.47 Å². The summed E-state index contributed by atoms with van der Waals surface area (Å²) in [6, 6.07) is 0.194. The third-order valence-corrected chi connectivity index (χ3v) is 3.43. The van der Waals surface area contributed by atoms with Crippen LogP contribution in [0.1, 0.15) is 12.5 Å². The Morgan fingerprint density at radius 2 is 2.16 bits per heavy atom. The van der Waals surface area contributed by atoms with E-state index in [0.717, 1.165) is 18.7 Å². The van der Waals surface area contributed by atoms with E-state index in [2.05, 4.69) is 10.4 Å². The average molecular weight is 266 g/mol. The van der Waals surface area contributed by atoms with E-state index in [1.165, 1.54) is 0 Å². The Bertz CT molecular complexity index is 436. The fourth-order valence-corrected chi connectivity index (χ4v) is 2.30. The summed E-state index contributed by atoms with van der Waals surface area (Å²) in [5.74, 6) is 0. The summed E-state index contributed by atoms with van der Waals surface area (Å²) in [5.41, 5.74) is 0.725. The van der Waals surface area contributed by atoms with Crippen molar-refractivity contribution in [2.75, 3.05) is 44.8 Å². The fraction of sp³-hybridized carbons (Fsp3) is 0.667. The molecule has 2 aliphatic heterocycles. The van der Waals surface area contributed by atoms with Gasteiger partial charge in [0.15, 0.2) is 0 Å². The minimum Gasteiger partial charge on any atom is -0.379 e. The summed E-state index contributed by atoms with van der Waals surface area (Å²) in [4.78, 5) is 13.7. The van der Waals surface area contributed by atoms with E-state index in [0.29, 0.717) is 32.9 Å². The molecular formula is C12H18N4O3. The number of hydrogen-bond acceptors (Lipinski definition) is 4. The minimum absolute atomic E-state index is 0.0921. The number of ether oxygens (including phenoxy) is 2. The molecule has 7 heteroatoms. The number of carbonyl (C=O) groups excluding carboxylic acids is 1. The zero-order valence-electron chi connectivity index (χ0n) is 10.7. The topological polar surface area (TPSA) is 68.6 Å². The van der Waals surface area contributed by atoms with Gasteiger partial charge in [-0.15, -0.1) is 0 Å². The van der Waals surface area contributed by atoms with Crippen LogP contribution >= 0.6 is 0 Å². The van der Waals surface area contributed by atoms with E-state index in [1.807, 2.05) is 10.9 Å². The van der Waals surface area contributed by atoms with Crippen molar-refractivity contribution in [1.29, 1.82) is 0 Å². The predicted molar refractivity (Wildman–Crippen MR) is 68.1 cm³/mol. The van der Waals surface area contributed by atoms with Gasteiger partial charge in [0.1, 0.15) is 0 Å². The van der Waals surface area contributed by atoms with Crippen molar-refractivity contribution < 1.29 is 14.3 Å². The van der Waals surface area contributed by atoms with E-state index < -0.39 is 0 Å². The van der Waals surface area contributed by atoms with Crippen LogP contribution in [-0.4, -0.2) is 60.2 Å². The number of rotatable bonds is 2. The Kier molecular flexibility index (Phi) is 3.65. The molecule has 0 spiro atoms. The number of morpholine rings is 1. The normalized spacial score (nSPS) is 23.6. The first-order valence-corrected chi connectivity index (χ1v) is 6.58. The molecule has 1 atom stereocenters. The molecule has 1 N–H and O–H groups in total. The summed E-state index contributed by atoms with van der Waals surface area (Å²) >= 11 is 0. The number of amides is 2. The van der Waals surface area contributed by atoms with Crippen LogP contribution in [0.3, 0.4) is 0 Å². The van der Waals surface area contributed by atoms with Crippen LogP contribution in [0.2, 0.25) is 0 Å². The van der Waals surface area contributed by atoms with Gasteiger partial charge in [0.25, 0.3) is 0 Å². The molecule has 19 heavy (non-hydrogen) atoms. The second-order valence-corrected chi connectivity index (χ2v) is 4.76. The van der Waals surface area contributed by atoms with Crippen molar-refractivity contribution >= 4 is 11.7 Å². The number of carbonyl (C=O) groups is 1. The lowest BCUT2D eigenvalue weighted by Gasteiger charge is -2.26.